The summed E-state index contributed by atoms with van der Waals surface area (Å²) in [7, 11) is 3.15. The van der Waals surface area contributed by atoms with Crippen LogP contribution in [0.3, 0.4) is 0 Å². The molecule has 0 aromatic heterocycles. The third-order valence-electron chi connectivity index (χ3n) is 3.49. The number of hydrogen-bond donors (Lipinski definition) is 2. The van der Waals surface area contributed by atoms with Crippen molar-refractivity contribution in [3.63, 3.8) is 0 Å². The number of carbonyl (C=O) groups is 1. The normalized spacial score (nSPS) is 14.2. The van der Waals surface area contributed by atoms with Gasteiger partial charge in [0.25, 0.3) is 0 Å². The molecule has 0 fully saturated rings. The smallest absolute Gasteiger partial charge is 0.317 e. The van der Waals surface area contributed by atoms with Gasteiger partial charge in [-0.3, -0.25) is 0 Å². The lowest BCUT2D eigenvalue weighted by molar-refractivity contribution is 0.0490. The predicted octanol–water partition coefficient (Wildman–Crippen LogP) is 0.649. The minimum Gasteiger partial charge on any atom is -0.486 e. The van der Waals surface area contributed by atoms with Gasteiger partial charge in [-0.1, -0.05) is 6.07 Å². The Labute approximate surface area is 136 Å². The molecule has 2 N–H and O–H groups in total. The van der Waals surface area contributed by atoms with E-state index in [1.54, 1.807) is 7.05 Å². The molecule has 7 heteroatoms. The summed E-state index contributed by atoms with van der Waals surface area (Å²) in [5.74, 6) is 1.51. The van der Waals surface area contributed by atoms with E-state index >= 15 is 0 Å². The second-order valence-electron chi connectivity index (χ2n) is 5.45. The highest BCUT2D eigenvalue weighted by Crippen LogP contribution is 2.30. The number of fused-ring (bicyclic) bond motifs is 1. The molecule has 23 heavy (non-hydrogen) atoms. The number of aliphatic hydroxyl groups is 1. The summed E-state index contributed by atoms with van der Waals surface area (Å²) in [5.41, 5.74) is 1.07. The van der Waals surface area contributed by atoms with E-state index in [0.717, 1.165) is 17.1 Å². The molecule has 0 saturated carbocycles. The number of urea groups is 1. The number of hydrogen-bond acceptors (Lipinski definition) is 5. The van der Waals surface area contributed by atoms with Gasteiger partial charge in [0.15, 0.2) is 11.5 Å². The van der Waals surface area contributed by atoms with E-state index in [4.69, 9.17) is 14.2 Å². The third-order valence-corrected chi connectivity index (χ3v) is 3.49. The molecule has 1 aliphatic rings. The molecule has 1 aromatic rings. The van der Waals surface area contributed by atoms with Crippen LogP contribution in [-0.2, 0) is 11.2 Å². The summed E-state index contributed by atoms with van der Waals surface area (Å²) < 4.78 is 15.8. The van der Waals surface area contributed by atoms with Crippen molar-refractivity contribution in [1.82, 2.24) is 10.2 Å². The van der Waals surface area contributed by atoms with E-state index in [1.807, 2.05) is 18.2 Å². The largest absolute Gasteiger partial charge is 0.486 e. The van der Waals surface area contributed by atoms with Crippen molar-refractivity contribution in [3.05, 3.63) is 23.8 Å². The highest BCUT2D eigenvalue weighted by molar-refractivity contribution is 5.73. The Morgan fingerprint density at radius 2 is 2.13 bits per heavy atom. The van der Waals surface area contributed by atoms with Crippen LogP contribution in [0.25, 0.3) is 0 Å². The van der Waals surface area contributed by atoms with Crippen molar-refractivity contribution in [2.75, 3.05) is 47.1 Å². The molecule has 2 rings (SSSR count). The van der Waals surface area contributed by atoms with Crippen molar-refractivity contribution in [3.8, 4) is 11.5 Å². The average Bonchev–Trinajstić information content (AvgIpc) is 2.54. The second-order valence-corrected chi connectivity index (χ2v) is 5.45. The number of carbonyl (C=O) groups excluding carboxylic acids is 1. The molecular formula is C16H24N2O5. The molecule has 2 amide bonds. The quantitative estimate of drug-likeness (QED) is 0.770. The molecule has 1 atom stereocenters. The molecule has 0 radical (unpaired) electrons. The molecule has 0 saturated heterocycles. The van der Waals surface area contributed by atoms with Gasteiger partial charge in [-0.2, -0.15) is 0 Å². The first-order chi connectivity index (χ1) is 11.1. The number of aliphatic hydroxyl groups excluding tert-OH is 1. The maximum atomic E-state index is 11.9. The molecule has 7 nitrogen and oxygen atoms in total. The Morgan fingerprint density at radius 1 is 1.39 bits per heavy atom. The van der Waals surface area contributed by atoms with Crippen LogP contribution in [-0.4, -0.2) is 69.2 Å². The van der Waals surface area contributed by atoms with E-state index in [2.05, 4.69) is 5.32 Å². The predicted molar refractivity (Wildman–Crippen MR) is 85.0 cm³/mol. The molecule has 1 heterocycles. The van der Waals surface area contributed by atoms with Gasteiger partial charge in [-0.15, -0.1) is 0 Å². The summed E-state index contributed by atoms with van der Waals surface area (Å²) in [6.07, 6.45) is 0.00478. The first-order valence-corrected chi connectivity index (χ1v) is 7.64. The fraction of sp³-hybridized carbons (Fsp3) is 0.562. The van der Waals surface area contributed by atoms with Gasteiger partial charge in [-0.25, -0.2) is 4.79 Å². The summed E-state index contributed by atoms with van der Waals surface area (Å²) in [5, 5.41) is 12.4. The fourth-order valence-electron chi connectivity index (χ4n) is 2.34. The third kappa shape index (κ3) is 5.30. The van der Waals surface area contributed by atoms with Crippen molar-refractivity contribution >= 4 is 6.03 Å². The number of nitrogens with zero attached hydrogens (tertiary/aromatic N) is 1. The number of likely N-dealkylation sites (N-methyl/N-ethyl adjacent to an activating group) is 1. The number of methoxy groups -OCH3 is 1. The van der Waals surface area contributed by atoms with Gasteiger partial charge < -0.3 is 29.5 Å². The lowest BCUT2D eigenvalue weighted by Crippen LogP contribution is -2.42. The van der Waals surface area contributed by atoms with Gasteiger partial charge >= 0.3 is 6.03 Å². The van der Waals surface area contributed by atoms with E-state index in [-0.39, 0.29) is 19.2 Å². The van der Waals surface area contributed by atoms with Crippen LogP contribution in [0, 0.1) is 0 Å². The Morgan fingerprint density at radius 3 is 2.87 bits per heavy atom. The molecule has 0 aliphatic carbocycles. The summed E-state index contributed by atoms with van der Waals surface area (Å²) in [4.78, 5) is 13.4. The number of nitrogens with one attached hydrogen (secondary N) is 1. The summed E-state index contributed by atoms with van der Waals surface area (Å²) in [6.45, 7) is 2.06. The van der Waals surface area contributed by atoms with Gasteiger partial charge in [0, 0.05) is 20.7 Å². The minimum absolute atomic E-state index is 0.203. The highest BCUT2D eigenvalue weighted by atomic mass is 16.6. The van der Waals surface area contributed by atoms with Crippen molar-refractivity contribution in [2.45, 2.75) is 12.5 Å². The van der Waals surface area contributed by atoms with Gasteiger partial charge in [-0.05, 0) is 24.1 Å². The van der Waals surface area contributed by atoms with Crippen LogP contribution in [0.5, 0.6) is 11.5 Å². The van der Waals surface area contributed by atoms with Crippen LogP contribution in [0.2, 0.25) is 0 Å². The zero-order valence-electron chi connectivity index (χ0n) is 13.6. The monoisotopic (exact) mass is 324 g/mol. The first-order valence-electron chi connectivity index (χ1n) is 7.64. The van der Waals surface area contributed by atoms with Crippen LogP contribution in [0.1, 0.15) is 5.56 Å². The van der Waals surface area contributed by atoms with Crippen molar-refractivity contribution in [1.29, 1.82) is 0 Å². The van der Waals surface area contributed by atoms with Crippen LogP contribution in [0.4, 0.5) is 4.79 Å². The van der Waals surface area contributed by atoms with E-state index in [0.29, 0.717) is 26.2 Å². The topological polar surface area (TPSA) is 80.3 Å². The van der Waals surface area contributed by atoms with Crippen LogP contribution < -0.4 is 14.8 Å². The van der Waals surface area contributed by atoms with E-state index < -0.39 is 6.10 Å². The molecule has 1 aliphatic heterocycles. The average molecular weight is 324 g/mol. The molecule has 1 aromatic carbocycles. The number of benzene rings is 1. The maximum Gasteiger partial charge on any atom is 0.317 e. The number of amides is 2. The van der Waals surface area contributed by atoms with E-state index in [9.17, 15) is 9.90 Å². The number of ether oxygens (including phenoxy) is 3. The van der Waals surface area contributed by atoms with Crippen molar-refractivity contribution < 1.29 is 24.1 Å². The lowest BCUT2D eigenvalue weighted by Gasteiger charge is -2.21. The highest BCUT2D eigenvalue weighted by Gasteiger charge is 2.14. The fourth-order valence-corrected chi connectivity index (χ4v) is 2.34. The molecule has 128 valence electrons. The zero-order valence-corrected chi connectivity index (χ0v) is 13.6. The SMILES string of the molecule is COCC(O)CN(C)C(=O)NCCc1ccc2c(c1)OCCO2. The Kier molecular flexibility index (Phi) is 6.49. The van der Waals surface area contributed by atoms with Crippen molar-refractivity contribution in [2.24, 2.45) is 0 Å². The van der Waals surface area contributed by atoms with Gasteiger partial charge in [0.2, 0.25) is 0 Å². The lowest BCUT2D eigenvalue weighted by atomic mass is 10.1. The summed E-state index contributed by atoms with van der Waals surface area (Å²) >= 11 is 0. The van der Waals surface area contributed by atoms with Gasteiger partial charge in [0.05, 0.1) is 19.3 Å². The Bertz CT molecular complexity index is 523. The molecule has 0 bridgehead atoms. The zero-order chi connectivity index (χ0) is 16.7. The second kappa shape index (κ2) is 8.59. The van der Waals surface area contributed by atoms with E-state index in [1.165, 1.54) is 12.0 Å². The minimum atomic E-state index is -0.687. The molecule has 0 spiro atoms. The molecular weight excluding hydrogens is 300 g/mol. The first kappa shape index (κ1) is 17.4. The molecule has 1 unspecified atom stereocenters. The number of rotatable bonds is 7. The van der Waals surface area contributed by atoms with Gasteiger partial charge in [0.1, 0.15) is 13.2 Å². The Hall–Kier alpha value is -1.99. The Balaban J connectivity index is 1.75. The maximum absolute atomic E-state index is 11.9. The summed E-state index contributed by atoms with van der Waals surface area (Å²) in [6, 6.07) is 5.56. The standard InChI is InChI=1S/C16H24N2O5/c1-18(10-13(19)11-21-2)16(20)17-6-5-12-3-4-14-15(9-12)23-8-7-22-14/h3-4,9,13,19H,5-8,10-11H2,1-2H3,(H,17,20). The van der Waals surface area contributed by atoms with Crippen LogP contribution >= 0.6 is 0 Å². The van der Waals surface area contributed by atoms with Crippen LogP contribution in [0.15, 0.2) is 18.2 Å².